The van der Waals surface area contributed by atoms with Gasteiger partial charge in [-0.1, -0.05) is 68.8 Å². The Hall–Kier alpha value is -3.45. The fraction of sp³-hybridized carbons (Fsp3) is 0.452. The Labute approximate surface area is 226 Å². The molecule has 7 nitrogen and oxygen atoms in total. The van der Waals surface area contributed by atoms with Crippen molar-refractivity contribution in [2.75, 3.05) is 18.0 Å². The average molecular weight is 514 g/mol. The third-order valence-electron chi connectivity index (χ3n) is 8.07. The molecule has 1 fully saturated rings. The second kappa shape index (κ2) is 11.5. The second-order valence-electron chi connectivity index (χ2n) is 11.0. The van der Waals surface area contributed by atoms with Crippen LogP contribution < -0.4 is 4.90 Å². The number of hydrogen-bond donors (Lipinski definition) is 0. The molecule has 2 atom stereocenters. The molecular formula is C31H39N5O2. The first kappa shape index (κ1) is 26.2. The number of amides is 2. The van der Waals surface area contributed by atoms with Gasteiger partial charge < -0.3 is 9.80 Å². The van der Waals surface area contributed by atoms with Gasteiger partial charge in [-0.15, -0.1) is 0 Å². The molecule has 0 N–H and O–H groups in total. The lowest BCUT2D eigenvalue weighted by Crippen LogP contribution is -2.52. The van der Waals surface area contributed by atoms with E-state index >= 15 is 0 Å². The van der Waals surface area contributed by atoms with Crippen molar-refractivity contribution in [3.05, 3.63) is 83.7 Å². The predicted octanol–water partition coefficient (Wildman–Crippen LogP) is 4.88. The van der Waals surface area contributed by atoms with Crippen molar-refractivity contribution in [2.24, 2.45) is 13.0 Å². The minimum absolute atomic E-state index is 0.0254. The van der Waals surface area contributed by atoms with Gasteiger partial charge in [0.15, 0.2) is 0 Å². The van der Waals surface area contributed by atoms with Crippen LogP contribution in [0.2, 0.25) is 0 Å². The number of aromatic nitrogens is 2. The summed E-state index contributed by atoms with van der Waals surface area (Å²) >= 11 is 0. The van der Waals surface area contributed by atoms with Gasteiger partial charge in [0.25, 0.3) is 5.91 Å². The zero-order chi connectivity index (χ0) is 26.6. The van der Waals surface area contributed by atoms with Gasteiger partial charge >= 0.3 is 0 Å². The maximum absolute atomic E-state index is 14.0. The minimum Gasteiger partial charge on any atom is -0.331 e. The fourth-order valence-electron chi connectivity index (χ4n) is 6.05. The number of fused-ring (bicyclic) bond motifs is 3. The molecule has 0 aliphatic carbocycles. The van der Waals surface area contributed by atoms with Gasteiger partial charge in [-0.2, -0.15) is 5.10 Å². The summed E-state index contributed by atoms with van der Waals surface area (Å²) in [7, 11) is 1.81. The summed E-state index contributed by atoms with van der Waals surface area (Å²) in [5, 5.41) is 4.26. The maximum atomic E-state index is 14.0. The van der Waals surface area contributed by atoms with Crippen LogP contribution in [0, 0.1) is 5.92 Å². The Morgan fingerprint density at radius 2 is 1.68 bits per heavy atom. The van der Waals surface area contributed by atoms with E-state index in [9.17, 15) is 9.59 Å². The third-order valence-corrected chi connectivity index (χ3v) is 8.07. The van der Waals surface area contributed by atoms with Crippen molar-refractivity contribution in [3.8, 4) is 0 Å². The molecule has 5 rings (SSSR count). The summed E-state index contributed by atoms with van der Waals surface area (Å²) in [5.41, 5.74) is 3.78. The number of rotatable bonds is 4. The predicted molar refractivity (Wildman–Crippen MR) is 150 cm³/mol. The first-order chi connectivity index (χ1) is 18.4. The molecule has 2 amide bonds. The van der Waals surface area contributed by atoms with Crippen LogP contribution in [0.1, 0.15) is 61.1 Å². The van der Waals surface area contributed by atoms with E-state index in [4.69, 9.17) is 0 Å². The molecule has 2 bridgehead atoms. The lowest BCUT2D eigenvalue weighted by atomic mass is 9.92. The van der Waals surface area contributed by atoms with Crippen molar-refractivity contribution >= 4 is 17.5 Å². The van der Waals surface area contributed by atoms with Crippen LogP contribution in [0.15, 0.2) is 66.9 Å². The van der Waals surface area contributed by atoms with E-state index in [0.29, 0.717) is 31.4 Å². The quantitative estimate of drug-likeness (QED) is 0.499. The van der Waals surface area contributed by atoms with E-state index in [1.54, 1.807) is 16.9 Å². The van der Waals surface area contributed by atoms with Crippen LogP contribution in [-0.2, 0) is 24.9 Å². The molecule has 0 spiro atoms. The molecule has 0 saturated carbocycles. The average Bonchev–Trinajstić information content (AvgIpc) is 3.35. The summed E-state index contributed by atoms with van der Waals surface area (Å²) in [6.45, 7) is 6.53. The van der Waals surface area contributed by atoms with E-state index in [1.165, 1.54) is 5.56 Å². The Kier molecular flexibility index (Phi) is 7.93. The van der Waals surface area contributed by atoms with E-state index in [2.05, 4.69) is 46.4 Å². The standard InChI is InChI=1S/C31H39N5O2/c1-23(2)30(37)35-19-17-26-13-9-14-27(36(26)20-24-10-5-4-6-11-24)22-34(21-25-12-7-8-15-28(25)35)31(38)29-16-18-32-33(29)3/h4-8,10-12,15-16,18,23,26-27H,9,13-14,17,19-22H2,1-3H3. The summed E-state index contributed by atoms with van der Waals surface area (Å²) < 4.78 is 1.65. The number of benzene rings is 2. The SMILES string of the molecule is CC(C)C(=O)N1CCC2CCCC(CN(C(=O)c3ccnn3C)Cc3ccccc31)N2Cc1ccccc1. The normalized spacial score (nSPS) is 20.6. The van der Waals surface area contributed by atoms with E-state index in [-0.39, 0.29) is 23.8 Å². The van der Waals surface area contributed by atoms with Crippen LogP contribution >= 0.6 is 0 Å². The highest BCUT2D eigenvalue weighted by Gasteiger charge is 2.35. The molecule has 0 radical (unpaired) electrons. The highest BCUT2D eigenvalue weighted by atomic mass is 16.2. The highest BCUT2D eigenvalue weighted by molar-refractivity contribution is 5.96. The Bertz CT molecular complexity index is 1250. The number of piperidine rings is 1. The number of anilines is 1. The molecule has 7 heteroatoms. The Morgan fingerprint density at radius 3 is 2.42 bits per heavy atom. The van der Waals surface area contributed by atoms with Crippen molar-refractivity contribution < 1.29 is 9.59 Å². The molecule has 3 heterocycles. The molecule has 3 aromatic rings. The zero-order valence-corrected chi connectivity index (χ0v) is 22.8. The largest absolute Gasteiger partial charge is 0.331 e. The number of para-hydroxylation sites is 1. The number of carbonyl (C=O) groups is 2. The fourth-order valence-corrected chi connectivity index (χ4v) is 6.05. The molecule has 200 valence electrons. The number of aryl methyl sites for hydroxylation is 1. The summed E-state index contributed by atoms with van der Waals surface area (Å²) in [4.78, 5) is 34.0. The lowest BCUT2D eigenvalue weighted by Gasteiger charge is -2.44. The maximum Gasteiger partial charge on any atom is 0.272 e. The molecule has 2 unspecified atom stereocenters. The molecule has 2 aliphatic rings. The van der Waals surface area contributed by atoms with Gasteiger partial charge in [-0.25, -0.2) is 0 Å². The van der Waals surface area contributed by atoms with Crippen molar-refractivity contribution in [1.82, 2.24) is 19.6 Å². The zero-order valence-electron chi connectivity index (χ0n) is 22.8. The Balaban J connectivity index is 1.58. The number of carbonyl (C=O) groups excluding carboxylic acids is 2. The summed E-state index contributed by atoms with van der Waals surface area (Å²) in [5.74, 6) is -0.00867. The number of nitrogens with zero attached hydrogens (tertiary/aromatic N) is 5. The molecule has 1 aromatic heterocycles. The molecule has 2 aromatic carbocycles. The molecule has 1 saturated heterocycles. The first-order valence-electron chi connectivity index (χ1n) is 13.9. The van der Waals surface area contributed by atoms with Crippen LogP contribution in [-0.4, -0.2) is 56.6 Å². The Morgan fingerprint density at radius 1 is 0.947 bits per heavy atom. The van der Waals surface area contributed by atoms with Crippen LogP contribution in [0.25, 0.3) is 0 Å². The molecule has 2 aliphatic heterocycles. The smallest absolute Gasteiger partial charge is 0.272 e. The molecule has 38 heavy (non-hydrogen) atoms. The van der Waals surface area contributed by atoms with Crippen molar-refractivity contribution in [2.45, 2.75) is 64.7 Å². The molecular weight excluding hydrogens is 474 g/mol. The third kappa shape index (κ3) is 5.53. The van der Waals surface area contributed by atoms with Gasteiger partial charge in [0, 0.05) is 63.1 Å². The van der Waals surface area contributed by atoms with E-state index in [1.807, 2.05) is 48.9 Å². The lowest BCUT2D eigenvalue weighted by molar-refractivity contribution is -0.121. The van der Waals surface area contributed by atoms with E-state index in [0.717, 1.165) is 43.5 Å². The summed E-state index contributed by atoms with van der Waals surface area (Å²) in [6.07, 6.45) is 5.86. The highest BCUT2D eigenvalue weighted by Crippen LogP contribution is 2.32. The van der Waals surface area contributed by atoms with Gasteiger partial charge in [-0.3, -0.25) is 19.2 Å². The van der Waals surface area contributed by atoms with Crippen molar-refractivity contribution in [3.63, 3.8) is 0 Å². The van der Waals surface area contributed by atoms with Gasteiger partial charge in [0.05, 0.1) is 0 Å². The van der Waals surface area contributed by atoms with E-state index < -0.39 is 0 Å². The van der Waals surface area contributed by atoms with Crippen LogP contribution in [0.4, 0.5) is 5.69 Å². The first-order valence-corrected chi connectivity index (χ1v) is 13.9. The summed E-state index contributed by atoms with van der Waals surface area (Å²) in [6, 6.07) is 21.1. The van der Waals surface area contributed by atoms with Crippen LogP contribution in [0.5, 0.6) is 0 Å². The van der Waals surface area contributed by atoms with Gasteiger partial charge in [-0.05, 0) is 42.5 Å². The minimum atomic E-state index is -0.111. The van der Waals surface area contributed by atoms with Crippen molar-refractivity contribution in [1.29, 1.82) is 0 Å². The van der Waals surface area contributed by atoms with Gasteiger partial charge in [0.1, 0.15) is 5.69 Å². The monoisotopic (exact) mass is 513 g/mol. The topological polar surface area (TPSA) is 61.7 Å². The van der Waals surface area contributed by atoms with Crippen LogP contribution in [0.3, 0.4) is 0 Å². The second-order valence-corrected chi connectivity index (χ2v) is 11.0. The van der Waals surface area contributed by atoms with Gasteiger partial charge in [0.2, 0.25) is 5.91 Å². The number of hydrogen-bond acceptors (Lipinski definition) is 4.